The van der Waals surface area contributed by atoms with Gasteiger partial charge in [-0.05, 0) is 31.9 Å². The molecular formula is C16H22N2OS. The maximum absolute atomic E-state index is 5.78. The molecule has 108 valence electrons. The van der Waals surface area contributed by atoms with E-state index in [9.17, 15) is 0 Å². The zero-order valence-electron chi connectivity index (χ0n) is 12.6. The van der Waals surface area contributed by atoms with E-state index >= 15 is 0 Å². The Morgan fingerprint density at radius 1 is 1.45 bits per heavy atom. The van der Waals surface area contributed by atoms with Crippen molar-refractivity contribution in [3.05, 3.63) is 23.8 Å². The van der Waals surface area contributed by atoms with Crippen LogP contribution in [0, 0.1) is 12.3 Å². The number of hydrogen-bond donors (Lipinski definition) is 1. The Bertz CT molecular complexity index is 620. The zero-order chi connectivity index (χ0) is 14.3. The lowest BCUT2D eigenvalue weighted by atomic mass is 9.64. The summed E-state index contributed by atoms with van der Waals surface area (Å²) in [6.45, 7) is 9.51. The lowest BCUT2D eigenvalue weighted by Gasteiger charge is -2.51. The fourth-order valence-electron chi connectivity index (χ4n) is 2.91. The number of aryl methyl sites for hydroxylation is 1. The second-order valence-corrected chi connectivity index (χ2v) is 7.17. The number of fused-ring (bicyclic) bond motifs is 1. The number of aromatic nitrogens is 1. The van der Waals surface area contributed by atoms with Crippen molar-refractivity contribution in [2.24, 2.45) is 5.41 Å². The van der Waals surface area contributed by atoms with Crippen LogP contribution in [0.3, 0.4) is 0 Å². The van der Waals surface area contributed by atoms with Crippen molar-refractivity contribution >= 4 is 26.7 Å². The first-order valence-corrected chi connectivity index (χ1v) is 8.08. The standard InChI is InChI=1S/C16H22N2OS/c1-5-19-13-9-12(16(13,3)4)17-15-18-14-10(2)7-6-8-11(14)20-15/h6-8,12-13H,5,9H2,1-4H3,(H,17,18). The van der Waals surface area contributed by atoms with Crippen LogP contribution in [-0.4, -0.2) is 23.7 Å². The molecule has 20 heavy (non-hydrogen) atoms. The van der Waals surface area contributed by atoms with Gasteiger partial charge in [0.15, 0.2) is 5.13 Å². The number of thiazole rings is 1. The molecule has 3 rings (SSSR count). The third kappa shape index (κ3) is 2.21. The fraction of sp³-hybridized carbons (Fsp3) is 0.562. The summed E-state index contributed by atoms with van der Waals surface area (Å²) >= 11 is 1.74. The Labute approximate surface area is 124 Å². The summed E-state index contributed by atoms with van der Waals surface area (Å²) in [5.41, 5.74) is 2.54. The van der Waals surface area contributed by atoms with Crippen LogP contribution >= 0.6 is 11.3 Å². The number of ether oxygens (including phenoxy) is 1. The van der Waals surface area contributed by atoms with Gasteiger partial charge in [0.2, 0.25) is 0 Å². The van der Waals surface area contributed by atoms with Gasteiger partial charge in [0.05, 0.1) is 16.3 Å². The van der Waals surface area contributed by atoms with E-state index in [1.54, 1.807) is 11.3 Å². The number of nitrogens with one attached hydrogen (secondary N) is 1. The van der Waals surface area contributed by atoms with Crippen LogP contribution < -0.4 is 5.32 Å². The minimum absolute atomic E-state index is 0.170. The first-order chi connectivity index (χ1) is 9.52. The zero-order valence-corrected chi connectivity index (χ0v) is 13.4. The summed E-state index contributed by atoms with van der Waals surface area (Å²) in [5.74, 6) is 0. The van der Waals surface area contributed by atoms with E-state index in [2.05, 4.69) is 51.2 Å². The molecule has 0 radical (unpaired) electrons. The van der Waals surface area contributed by atoms with Gasteiger partial charge in [-0.25, -0.2) is 4.98 Å². The molecule has 1 aliphatic carbocycles. The van der Waals surface area contributed by atoms with Gasteiger partial charge in [0, 0.05) is 18.1 Å². The lowest BCUT2D eigenvalue weighted by molar-refractivity contribution is -0.0975. The van der Waals surface area contributed by atoms with Crippen LogP contribution in [0.5, 0.6) is 0 Å². The molecule has 0 bridgehead atoms. The monoisotopic (exact) mass is 290 g/mol. The number of hydrogen-bond acceptors (Lipinski definition) is 4. The van der Waals surface area contributed by atoms with E-state index in [-0.39, 0.29) is 5.41 Å². The quantitative estimate of drug-likeness (QED) is 0.915. The maximum Gasteiger partial charge on any atom is 0.184 e. The summed E-state index contributed by atoms with van der Waals surface area (Å²) in [6, 6.07) is 6.79. The van der Waals surface area contributed by atoms with Crippen molar-refractivity contribution < 1.29 is 4.74 Å². The van der Waals surface area contributed by atoms with E-state index in [0.29, 0.717) is 12.1 Å². The topological polar surface area (TPSA) is 34.1 Å². The fourth-order valence-corrected chi connectivity index (χ4v) is 3.91. The van der Waals surface area contributed by atoms with Gasteiger partial charge >= 0.3 is 0 Å². The average Bonchev–Trinajstić information content (AvgIpc) is 2.82. The van der Waals surface area contributed by atoms with E-state index < -0.39 is 0 Å². The molecule has 1 saturated carbocycles. The number of rotatable bonds is 4. The number of anilines is 1. The maximum atomic E-state index is 5.78. The molecule has 4 heteroatoms. The van der Waals surface area contributed by atoms with Crippen molar-refractivity contribution in [3.8, 4) is 0 Å². The predicted octanol–water partition coefficient (Wildman–Crippen LogP) is 4.22. The molecule has 0 saturated heterocycles. The van der Waals surface area contributed by atoms with Gasteiger partial charge in [-0.1, -0.05) is 37.3 Å². The van der Waals surface area contributed by atoms with E-state index in [1.165, 1.54) is 10.3 Å². The van der Waals surface area contributed by atoms with Gasteiger partial charge in [-0.15, -0.1) is 0 Å². The van der Waals surface area contributed by atoms with Crippen LogP contribution in [0.4, 0.5) is 5.13 Å². The van der Waals surface area contributed by atoms with Crippen LogP contribution in [-0.2, 0) is 4.74 Å². The molecule has 1 heterocycles. The van der Waals surface area contributed by atoms with Crippen LogP contribution in [0.1, 0.15) is 32.8 Å². The molecule has 0 aliphatic heterocycles. The Kier molecular flexibility index (Phi) is 3.46. The van der Waals surface area contributed by atoms with Gasteiger partial charge in [0.1, 0.15) is 0 Å². The Morgan fingerprint density at radius 2 is 2.25 bits per heavy atom. The Balaban J connectivity index is 1.76. The highest BCUT2D eigenvalue weighted by Gasteiger charge is 2.49. The summed E-state index contributed by atoms with van der Waals surface area (Å²) in [5, 5.41) is 4.63. The number of nitrogens with zero attached hydrogens (tertiary/aromatic N) is 1. The normalized spacial score (nSPS) is 24.6. The SMILES string of the molecule is CCOC1CC(Nc2nc3c(C)cccc3s2)C1(C)C. The van der Waals surface area contributed by atoms with Crippen LogP contribution in [0.15, 0.2) is 18.2 Å². The molecule has 3 nitrogen and oxygen atoms in total. The minimum Gasteiger partial charge on any atom is -0.378 e. The van der Waals surface area contributed by atoms with Crippen molar-refractivity contribution in [1.29, 1.82) is 0 Å². The third-order valence-electron chi connectivity index (χ3n) is 4.46. The first kappa shape index (κ1) is 13.8. The highest BCUT2D eigenvalue weighted by molar-refractivity contribution is 7.22. The molecule has 0 amide bonds. The molecule has 1 N–H and O–H groups in total. The lowest BCUT2D eigenvalue weighted by Crippen LogP contribution is -2.58. The summed E-state index contributed by atoms with van der Waals surface area (Å²) < 4.78 is 7.04. The van der Waals surface area contributed by atoms with Crippen LogP contribution in [0.2, 0.25) is 0 Å². The second-order valence-electron chi connectivity index (χ2n) is 6.14. The Hall–Kier alpha value is -1.13. The molecule has 2 unspecified atom stereocenters. The molecule has 1 aliphatic rings. The molecular weight excluding hydrogens is 268 g/mol. The average molecular weight is 290 g/mol. The summed E-state index contributed by atoms with van der Waals surface area (Å²) in [4.78, 5) is 4.74. The van der Waals surface area contributed by atoms with Crippen molar-refractivity contribution in [1.82, 2.24) is 4.98 Å². The number of benzene rings is 1. The van der Waals surface area contributed by atoms with Gasteiger partial charge in [-0.3, -0.25) is 0 Å². The van der Waals surface area contributed by atoms with E-state index in [1.807, 2.05) is 0 Å². The van der Waals surface area contributed by atoms with Gasteiger partial charge < -0.3 is 10.1 Å². The van der Waals surface area contributed by atoms with Crippen LogP contribution in [0.25, 0.3) is 10.2 Å². The summed E-state index contributed by atoms with van der Waals surface area (Å²) in [7, 11) is 0. The molecule has 1 aromatic heterocycles. The highest BCUT2D eigenvalue weighted by atomic mass is 32.1. The molecule has 2 aromatic rings. The van der Waals surface area contributed by atoms with E-state index in [4.69, 9.17) is 9.72 Å². The minimum atomic E-state index is 0.170. The number of para-hydroxylation sites is 1. The van der Waals surface area contributed by atoms with Crippen molar-refractivity contribution in [3.63, 3.8) is 0 Å². The molecule has 2 atom stereocenters. The largest absolute Gasteiger partial charge is 0.378 e. The van der Waals surface area contributed by atoms with Crippen molar-refractivity contribution in [2.75, 3.05) is 11.9 Å². The second kappa shape index (κ2) is 5.01. The Morgan fingerprint density at radius 3 is 2.90 bits per heavy atom. The van der Waals surface area contributed by atoms with Gasteiger partial charge in [-0.2, -0.15) is 0 Å². The first-order valence-electron chi connectivity index (χ1n) is 7.26. The van der Waals surface area contributed by atoms with E-state index in [0.717, 1.165) is 23.7 Å². The predicted molar refractivity (Wildman–Crippen MR) is 85.6 cm³/mol. The highest BCUT2D eigenvalue weighted by Crippen LogP contribution is 2.45. The third-order valence-corrected chi connectivity index (χ3v) is 5.42. The molecule has 1 fully saturated rings. The van der Waals surface area contributed by atoms with Gasteiger partial charge in [0.25, 0.3) is 0 Å². The molecule has 0 spiro atoms. The summed E-state index contributed by atoms with van der Waals surface area (Å²) in [6.07, 6.45) is 1.43. The van der Waals surface area contributed by atoms with Crippen molar-refractivity contribution in [2.45, 2.75) is 46.3 Å². The molecule has 1 aromatic carbocycles. The smallest absolute Gasteiger partial charge is 0.184 e.